The summed E-state index contributed by atoms with van der Waals surface area (Å²) in [6, 6.07) is 10.0. The van der Waals surface area contributed by atoms with Gasteiger partial charge < -0.3 is 9.84 Å². The number of nitrogens with one attached hydrogen (secondary N) is 1. The minimum absolute atomic E-state index is 0.0304. The summed E-state index contributed by atoms with van der Waals surface area (Å²) < 4.78 is 18.3. The second-order valence-corrected chi connectivity index (χ2v) is 4.37. The summed E-state index contributed by atoms with van der Waals surface area (Å²) >= 11 is 0. The summed E-state index contributed by atoms with van der Waals surface area (Å²) in [6.07, 6.45) is 1.40. The zero-order valence-electron chi connectivity index (χ0n) is 11.9. The number of rotatable bonds is 5. The summed E-state index contributed by atoms with van der Waals surface area (Å²) in [6.45, 7) is 2.23. The van der Waals surface area contributed by atoms with Crippen molar-refractivity contribution in [3.05, 3.63) is 59.4 Å². The van der Waals surface area contributed by atoms with Crippen molar-refractivity contribution in [3.8, 4) is 11.5 Å². The molecule has 0 atom stereocenters. The van der Waals surface area contributed by atoms with Crippen molar-refractivity contribution in [2.45, 2.75) is 6.92 Å². The lowest BCUT2D eigenvalue weighted by Gasteiger charge is -2.06. The molecule has 6 heteroatoms. The highest BCUT2D eigenvalue weighted by atomic mass is 19.1. The third-order valence-corrected chi connectivity index (χ3v) is 2.75. The number of carbonyl (C=O) groups is 1. The van der Waals surface area contributed by atoms with Gasteiger partial charge in [0.25, 0.3) is 5.91 Å². The molecule has 0 saturated heterocycles. The molecule has 0 heterocycles. The monoisotopic (exact) mass is 302 g/mol. The van der Waals surface area contributed by atoms with Crippen molar-refractivity contribution >= 4 is 12.1 Å². The number of amides is 1. The average molecular weight is 302 g/mol. The maximum atomic E-state index is 13.0. The fourth-order valence-electron chi connectivity index (χ4n) is 1.74. The third kappa shape index (κ3) is 4.05. The van der Waals surface area contributed by atoms with E-state index in [9.17, 15) is 14.3 Å². The molecular formula is C16H15FN2O3. The molecule has 2 aromatic carbocycles. The normalized spacial score (nSPS) is 10.6. The Hall–Kier alpha value is -2.89. The van der Waals surface area contributed by atoms with Gasteiger partial charge in [-0.15, -0.1) is 0 Å². The van der Waals surface area contributed by atoms with Gasteiger partial charge in [0.2, 0.25) is 0 Å². The Kier molecular flexibility index (Phi) is 5.08. The molecule has 0 bridgehead atoms. The van der Waals surface area contributed by atoms with Gasteiger partial charge in [0.1, 0.15) is 5.82 Å². The Morgan fingerprint density at radius 3 is 2.91 bits per heavy atom. The molecule has 0 unspecified atom stereocenters. The topological polar surface area (TPSA) is 70.9 Å². The van der Waals surface area contributed by atoms with Gasteiger partial charge in [-0.2, -0.15) is 5.10 Å². The molecular weight excluding hydrogens is 287 g/mol. The first-order chi connectivity index (χ1) is 10.6. The molecule has 2 rings (SSSR count). The van der Waals surface area contributed by atoms with Crippen molar-refractivity contribution in [2.24, 2.45) is 5.10 Å². The molecule has 0 aliphatic carbocycles. The fraction of sp³-hybridized carbons (Fsp3) is 0.125. The first kappa shape index (κ1) is 15.5. The van der Waals surface area contributed by atoms with Crippen LogP contribution in [0.3, 0.4) is 0 Å². The maximum Gasteiger partial charge on any atom is 0.271 e. The van der Waals surface area contributed by atoms with E-state index in [1.165, 1.54) is 30.5 Å². The lowest BCUT2D eigenvalue weighted by molar-refractivity contribution is 0.0954. The molecule has 1 amide bonds. The molecule has 0 fully saturated rings. The SMILES string of the molecule is CCOc1cc(C=NNC(=O)c2cccc(F)c2)ccc1O. The van der Waals surface area contributed by atoms with Gasteiger partial charge in [-0.1, -0.05) is 6.07 Å². The van der Waals surface area contributed by atoms with Crippen LogP contribution in [0.5, 0.6) is 11.5 Å². The lowest BCUT2D eigenvalue weighted by atomic mass is 10.2. The van der Waals surface area contributed by atoms with E-state index in [-0.39, 0.29) is 11.3 Å². The first-order valence-corrected chi connectivity index (χ1v) is 6.65. The first-order valence-electron chi connectivity index (χ1n) is 6.65. The predicted molar refractivity (Wildman–Crippen MR) is 80.7 cm³/mol. The van der Waals surface area contributed by atoms with E-state index in [0.29, 0.717) is 17.9 Å². The Balaban J connectivity index is 2.03. The van der Waals surface area contributed by atoms with Gasteiger partial charge in [0, 0.05) is 5.56 Å². The van der Waals surface area contributed by atoms with Gasteiger partial charge >= 0.3 is 0 Å². The summed E-state index contributed by atoms with van der Waals surface area (Å²) in [4.78, 5) is 11.8. The molecule has 0 aromatic heterocycles. The largest absolute Gasteiger partial charge is 0.504 e. The summed E-state index contributed by atoms with van der Waals surface area (Å²) in [5, 5.41) is 13.4. The zero-order chi connectivity index (χ0) is 15.9. The van der Waals surface area contributed by atoms with E-state index in [0.717, 1.165) is 6.07 Å². The Morgan fingerprint density at radius 2 is 2.18 bits per heavy atom. The van der Waals surface area contributed by atoms with Crippen LogP contribution >= 0.6 is 0 Å². The number of hydrogen-bond donors (Lipinski definition) is 2. The van der Waals surface area contributed by atoms with E-state index in [1.54, 1.807) is 19.1 Å². The van der Waals surface area contributed by atoms with Crippen LogP contribution in [-0.2, 0) is 0 Å². The Labute approximate surface area is 127 Å². The minimum Gasteiger partial charge on any atom is -0.504 e. The van der Waals surface area contributed by atoms with Gasteiger partial charge in [-0.25, -0.2) is 9.82 Å². The number of nitrogens with zero attached hydrogens (tertiary/aromatic N) is 1. The van der Waals surface area contributed by atoms with Crippen LogP contribution in [-0.4, -0.2) is 23.8 Å². The highest BCUT2D eigenvalue weighted by Crippen LogP contribution is 2.26. The molecule has 0 saturated carbocycles. The highest BCUT2D eigenvalue weighted by Gasteiger charge is 2.05. The summed E-state index contributed by atoms with van der Waals surface area (Å²) in [7, 11) is 0. The number of phenols is 1. The zero-order valence-corrected chi connectivity index (χ0v) is 11.9. The van der Waals surface area contributed by atoms with Crippen molar-refractivity contribution in [1.82, 2.24) is 5.43 Å². The Bertz CT molecular complexity index is 702. The van der Waals surface area contributed by atoms with Gasteiger partial charge in [-0.05, 0) is 48.9 Å². The average Bonchev–Trinajstić information content (AvgIpc) is 2.50. The number of ether oxygens (including phenoxy) is 1. The molecule has 114 valence electrons. The summed E-state index contributed by atoms with van der Waals surface area (Å²) in [5.41, 5.74) is 3.12. The van der Waals surface area contributed by atoms with E-state index in [1.807, 2.05) is 0 Å². The van der Waals surface area contributed by atoms with E-state index < -0.39 is 11.7 Å². The number of phenolic OH excluding ortho intramolecular Hbond substituents is 1. The van der Waals surface area contributed by atoms with E-state index >= 15 is 0 Å². The highest BCUT2D eigenvalue weighted by molar-refractivity contribution is 5.94. The fourth-order valence-corrected chi connectivity index (χ4v) is 1.74. The molecule has 5 nitrogen and oxygen atoms in total. The maximum absolute atomic E-state index is 13.0. The second-order valence-electron chi connectivity index (χ2n) is 4.37. The molecule has 0 spiro atoms. The smallest absolute Gasteiger partial charge is 0.271 e. The third-order valence-electron chi connectivity index (χ3n) is 2.75. The van der Waals surface area contributed by atoms with Crippen molar-refractivity contribution in [3.63, 3.8) is 0 Å². The molecule has 0 aliphatic heterocycles. The quantitative estimate of drug-likeness (QED) is 0.659. The molecule has 0 aliphatic rings. The number of aromatic hydroxyl groups is 1. The molecule has 0 radical (unpaired) electrons. The molecule has 2 aromatic rings. The van der Waals surface area contributed by atoms with Crippen LogP contribution in [0.4, 0.5) is 4.39 Å². The second kappa shape index (κ2) is 7.21. The summed E-state index contributed by atoms with van der Waals surface area (Å²) in [5.74, 6) is -0.637. The van der Waals surface area contributed by atoms with Gasteiger partial charge in [0.05, 0.1) is 12.8 Å². The van der Waals surface area contributed by atoms with Crippen molar-refractivity contribution in [2.75, 3.05) is 6.61 Å². The number of hydrogen-bond acceptors (Lipinski definition) is 4. The standard InChI is InChI=1S/C16H15FN2O3/c1-2-22-15-8-11(6-7-14(15)20)10-18-19-16(21)12-4-3-5-13(17)9-12/h3-10,20H,2H2,1H3,(H,19,21). The van der Waals surface area contributed by atoms with Gasteiger partial charge in [0.15, 0.2) is 11.5 Å². The van der Waals surface area contributed by atoms with Crippen LogP contribution in [0.1, 0.15) is 22.8 Å². The van der Waals surface area contributed by atoms with E-state index in [2.05, 4.69) is 10.5 Å². The van der Waals surface area contributed by atoms with E-state index in [4.69, 9.17) is 4.74 Å². The Morgan fingerprint density at radius 1 is 1.36 bits per heavy atom. The van der Waals surface area contributed by atoms with Crippen LogP contribution in [0.15, 0.2) is 47.6 Å². The van der Waals surface area contributed by atoms with Crippen LogP contribution in [0, 0.1) is 5.82 Å². The number of halogens is 1. The van der Waals surface area contributed by atoms with Crippen molar-refractivity contribution < 1.29 is 19.0 Å². The van der Waals surface area contributed by atoms with Crippen LogP contribution in [0.25, 0.3) is 0 Å². The predicted octanol–water partition coefficient (Wildman–Crippen LogP) is 2.69. The number of hydrazone groups is 1. The van der Waals surface area contributed by atoms with Crippen LogP contribution < -0.4 is 10.2 Å². The molecule has 2 N–H and O–H groups in total. The number of carbonyl (C=O) groups excluding carboxylic acids is 1. The number of benzene rings is 2. The lowest BCUT2D eigenvalue weighted by Crippen LogP contribution is -2.17. The minimum atomic E-state index is -0.514. The van der Waals surface area contributed by atoms with Crippen molar-refractivity contribution in [1.29, 1.82) is 0 Å². The van der Waals surface area contributed by atoms with Crippen LogP contribution in [0.2, 0.25) is 0 Å². The molecule has 22 heavy (non-hydrogen) atoms. The van der Waals surface area contributed by atoms with Gasteiger partial charge in [-0.3, -0.25) is 4.79 Å².